The predicted molar refractivity (Wildman–Crippen MR) is 76.8 cm³/mol. The third-order valence-electron chi connectivity index (χ3n) is 2.81. The fraction of sp³-hybridized carbons (Fsp3) is 0.0769. The number of nitrogens with zero attached hydrogens (tertiary/aromatic N) is 2. The molecule has 0 spiro atoms. The van der Waals surface area contributed by atoms with Gasteiger partial charge in [-0.3, -0.25) is 0 Å². The van der Waals surface area contributed by atoms with Gasteiger partial charge in [0.2, 0.25) is 0 Å². The maximum atomic E-state index is 6.07. The summed E-state index contributed by atoms with van der Waals surface area (Å²) < 4.78 is 0.801. The van der Waals surface area contributed by atoms with E-state index in [2.05, 4.69) is 49.9 Å². The van der Waals surface area contributed by atoms with Crippen molar-refractivity contribution in [2.45, 2.75) is 6.92 Å². The highest BCUT2D eigenvalue weighted by Gasteiger charge is 2.14. The Morgan fingerprint density at radius 1 is 1.17 bits per heavy atom. The fourth-order valence-corrected chi connectivity index (χ4v) is 2.55. The predicted octanol–water partition coefficient (Wildman–Crippen LogP) is 4.35. The molecular weight excluding hydrogens is 314 g/mol. The van der Waals surface area contributed by atoms with Crippen LogP contribution in [0.25, 0.3) is 22.3 Å². The highest BCUT2D eigenvalue weighted by Crippen LogP contribution is 2.35. The summed E-state index contributed by atoms with van der Waals surface area (Å²) in [7, 11) is 0. The Bertz CT molecular complexity index is 719. The summed E-state index contributed by atoms with van der Waals surface area (Å²) in [5.41, 5.74) is 3.87. The van der Waals surface area contributed by atoms with E-state index in [-0.39, 0.29) is 0 Å². The van der Waals surface area contributed by atoms with Crippen LogP contribution in [0.3, 0.4) is 0 Å². The molecule has 0 aliphatic carbocycles. The molecule has 0 radical (unpaired) electrons. The average molecular weight is 323 g/mol. The first-order valence-electron chi connectivity index (χ1n) is 5.41. The Labute approximate surface area is 117 Å². The minimum Gasteiger partial charge on any atom is -0.329 e. The number of H-pyrrole nitrogens is 1. The Kier molecular flexibility index (Phi) is 2.84. The maximum absolute atomic E-state index is 6.07. The molecule has 3 rings (SSSR count). The van der Waals surface area contributed by atoms with Gasteiger partial charge in [-0.05, 0) is 22.9 Å². The van der Waals surface area contributed by atoms with Crippen molar-refractivity contribution in [2.24, 2.45) is 0 Å². The molecule has 0 saturated carbocycles. The van der Waals surface area contributed by atoms with Gasteiger partial charge in [0, 0.05) is 5.56 Å². The van der Waals surface area contributed by atoms with Gasteiger partial charge in [0.1, 0.15) is 17.1 Å². The van der Waals surface area contributed by atoms with E-state index in [1.165, 1.54) is 11.9 Å². The molecule has 3 nitrogen and oxygen atoms in total. The van der Waals surface area contributed by atoms with Crippen LogP contribution in [0, 0.1) is 6.92 Å². The number of aryl methyl sites for hydroxylation is 1. The molecule has 1 aromatic carbocycles. The Morgan fingerprint density at radius 3 is 2.61 bits per heavy atom. The van der Waals surface area contributed by atoms with Gasteiger partial charge >= 0.3 is 0 Å². The average Bonchev–Trinajstić information content (AvgIpc) is 2.66. The lowest BCUT2D eigenvalue weighted by molar-refractivity contribution is 1.20. The van der Waals surface area contributed by atoms with Gasteiger partial charge in [-0.2, -0.15) is 0 Å². The number of hydrogen-bond acceptors (Lipinski definition) is 2. The molecule has 0 unspecified atom stereocenters. The molecule has 0 aliphatic rings. The van der Waals surface area contributed by atoms with Crippen LogP contribution in [0.4, 0.5) is 0 Å². The third kappa shape index (κ3) is 1.82. The summed E-state index contributed by atoms with van der Waals surface area (Å²) in [6, 6.07) is 8.21. The van der Waals surface area contributed by atoms with Gasteiger partial charge in [0.25, 0.3) is 0 Å². The van der Waals surface area contributed by atoms with Crippen molar-refractivity contribution in [1.29, 1.82) is 0 Å². The molecule has 0 aliphatic heterocycles. The Morgan fingerprint density at radius 2 is 1.89 bits per heavy atom. The van der Waals surface area contributed by atoms with Crippen molar-refractivity contribution >= 4 is 38.6 Å². The molecule has 0 saturated heterocycles. The summed E-state index contributed by atoms with van der Waals surface area (Å²) in [6.45, 7) is 2.06. The number of aromatic nitrogens is 3. The fourth-order valence-electron chi connectivity index (χ4n) is 1.89. The lowest BCUT2D eigenvalue weighted by Crippen LogP contribution is -1.87. The zero-order chi connectivity index (χ0) is 12.7. The second kappa shape index (κ2) is 4.37. The van der Waals surface area contributed by atoms with Crippen LogP contribution < -0.4 is 0 Å². The molecule has 2 aromatic heterocycles. The van der Waals surface area contributed by atoms with Crippen LogP contribution in [0.5, 0.6) is 0 Å². The summed E-state index contributed by atoms with van der Waals surface area (Å²) >= 11 is 9.54. The van der Waals surface area contributed by atoms with E-state index in [0.717, 1.165) is 26.8 Å². The molecule has 2 heterocycles. The number of nitrogens with one attached hydrogen (secondary N) is 1. The van der Waals surface area contributed by atoms with E-state index >= 15 is 0 Å². The highest BCUT2D eigenvalue weighted by atomic mass is 79.9. The standard InChI is InChI=1S/C13H9BrClN3/c1-7-2-4-8(5-3-7)11-9-10(14)12(15)18-13(9)17-6-16-11/h2-6H,1H3,(H,16,17,18). The Balaban J connectivity index is 2.32. The SMILES string of the molecule is Cc1ccc(-c2ncnc3[nH]c(Cl)c(Br)c23)cc1. The maximum Gasteiger partial charge on any atom is 0.143 e. The van der Waals surface area contributed by atoms with E-state index in [1.54, 1.807) is 0 Å². The van der Waals surface area contributed by atoms with E-state index in [0.29, 0.717) is 5.15 Å². The molecule has 3 aromatic rings. The number of benzene rings is 1. The van der Waals surface area contributed by atoms with E-state index in [1.807, 2.05) is 12.1 Å². The summed E-state index contributed by atoms with van der Waals surface area (Å²) in [6.07, 6.45) is 1.54. The number of rotatable bonds is 1. The normalized spacial score (nSPS) is 11.1. The largest absolute Gasteiger partial charge is 0.329 e. The first kappa shape index (κ1) is 11.7. The van der Waals surface area contributed by atoms with Gasteiger partial charge in [-0.15, -0.1) is 0 Å². The van der Waals surface area contributed by atoms with Crippen LogP contribution in [0.2, 0.25) is 5.15 Å². The van der Waals surface area contributed by atoms with Gasteiger partial charge in [-0.25, -0.2) is 9.97 Å². The molecule has 0 atom stereocenters. The molecule has 90 valence electrons. The second-order valence-corrected chi connectivity index (χ2v) is 5.24. The minimum absolute atomic E-state index is 0.541. The van der Waals surface area contributed by atoms with Crippen molar-refractivity contribution in [3.8, 4) is 11.3 Å². The molecule has 0 bridgehead atoms. The third-order valence-corrected chi connectivity index (χ3v) is 4.12. The summed E-state index contributed by atoms with van der Waals surface area (Å²) in [5.74, 6) is 0. The van der Waals surface area contributed by atoms with Crippen LogP contribution in [0.15, 0.2) is 35.1 Å². The van der Waals surface area contributed by atoms with Crippen molar-refractivity contribution in [3.63, 3.8) is 0 Å². The first-order chi connectivity index (χ1) is 8.66. The van der Waals surface area contributed by atoms with Gasteiger partial charge in [0.15, 0.2) is 0 Å². The monoisotopic (exact) mass is 321 g/mol. The van der Waals surface area contributed by atoms with Crippen LogP contribution in [0.1, 0.15) is 5.56 Å². The summed E-state index contributed by atoms with van der Waals surface area (Å²) in [5, 5.41) is 1.45. The first-order valence-corrected chi connectivity index (χ1v) is 6.58. The van der Waals surface area contributed by atoms with Crippen molar-refractivity contribution in [3.05, 3.63) is 45.8 Å². The van der Waals surface area contributed by atoms with Crippen LogP contribution in [-0.2, 0) is 0 Å². The topological polar surface area (TPSA) is 41.6 Å². The summed E-state index contributed by atoms with van der Waals surface area (Å²) in [4.78, 5) is 11.6. The highest BCUT2D eigenvalue weighted by molar-refractivity contribution is 9.10. The van der Waals surface area contributed by atoms with Gasteiger partial charge in [0.05, 0.1) is 15.6 Å². The van der Waals surface area contributed by atoms with Gasteiger partial charge in [-0.1, -0.05) is 41.4 Å². The van der Waals surface area contributed by atoms with Crippen molar-refractivity contribution in [2.75, 3.05) is 0 Å². The van der Waals surface area contributed by atoms with Crippen LogP contribution >= 0.6 is 27.5 Å². The molecule has 0 amide bonds. The lowest BCUT2D eigenvalue weighted by atomic mass is 10.1. The molecular formula is C13H9BrClN3. The lowest BCUT2D eigenvalue weighted by Gasteiger charge is -2.03. The second-order valence-electron chi connectivity index (χ2n) is 4.06. The molecule has 0 fully saturated rings. The van der Waals surface area contributed by atoms with E-state index in [4.69, 9.17) is 11.6 Å². The van der Waals surface area contributed by atoms with Crippen molar-refractivity contribution < 1.29 is 0 Å². The van der Waals surface area contributed by atoms with E-state index < -0.39 is 0 Å². The zero-order valence-electron chi connectivity index (χ0n) is 9.54. The number of halogens is 2. The smallest absolute Gasteiger partial charge is 0.143 e. The number of hydrogen-bond donors (Lipinski definition) is 1. The van der Waals surface area contributed by atoms with Crippen LogP contribution in [-0.4, -0.2) is 15.0 Å². The molecule has 18 heavy (non-hydrogen) atoms. The molecule has 5 heteroatoms. The Hall–Kier alpha value is -1.39. The molecule has 1 N–H and O–H groups in total. The van der Waals surface area contributed by atoms with Crippen molar-refractivity contribution in [1.82, 2.24) is 15.0 Å². The number of aromatic amines is 1. The quantitative estimate of drug-likeness (QED) is 0.723. The van der Waals surface area contributed by atoms with Gasteiger partial charge < -0.3 is 4.98 Å². The zero-order valence-corrected chi connectivity index (χ0v) is 11.9. The van der Waals surface area contributed by atoms with E-state index in [9.17, 15) is 0 Å². The minimum atomic E-state index is 0.541. The number of fused-ring (bicyclic) bond motifs is 1.